The Morgan fingerprint density at radius 1 is 1.24 bits per heavy atom. The van der Waals surface area contributed by atoms with Gasteiger partial charge in [-0.25, -0.2) is 4.79 Å². The fraction of sp³-hybridized carbons (Fsp3) is 0.273. The summed E-state index contributed by atoms with van der Waals surface area (Å²) < 4.78 is 4.61. The van der Waals surface area contributed by atoms with Gasteiger partial charge in [0, 0.05) is 0 Å². The zero-order valence-electron chi connectivity index (χ0n) is 9.02. The predicted molar refractivity (Wildman–Crippen MR) is 64.8 cm³/mol. The fourth-order valence-corrected chi connectivity index (χ4v) is 1.37. The molecular weight excluding hydrogens is 265 g/mol. The smallest absolute Gasteiger partial charge is 0.333 e. The molecule has 1 aromatic rings. The monoisotopic (exact) mass is 275 g/mol. The number of nitrogens with one attached hydrogen (secondary N) is 1. The van der Waals surface area contributed by atoms with Crippen molar-refractivity contribution in [3.63, 3.8) is 0 Å². The first-order chi connectivity index (χ1) is 8.06. The zero-order chi connectivity index (χ0) is 12.8. The van der Waals surface area contributed by atoms with Gasteiger partial charge in [0.2, 0.25) is 0 Å². The second-order valence-corrected chi connectivity index (χ2v) is 4.27. The number of alkyl halides is 2. The maximum atomic E-state index is 11.5. The van der Waals surface area contributed by atoms with Gasteiger partial charge in [-0.3, -0.25) is 4.79 Å². The normalized spacial score (nSPS) is 12.0. The van der Waals surface area contributed by atoms with E-state index in [0.29, 0.717) is 5.56 Å². The first kappa shape index (κ1) is 13.8. The molecule has 0 bridgehead atoms. The number of hydrogen-bond donors (Lipinski definition) is 1. The van der Waals surface area contributed by atoms with Crippen LogP contribution in [0.1, 0.15) is 11.6 Å². The zero-order valence-corrected chi connectivity index (χ0v) is 10.5. The number of hydrogen-bond acceptors (Lipinski definition) is 3. The summed E-state index contributed by atoms with van der Waals surface area (Å²) in [5, 5.41) is 2.41. The van der Waals surface area contributed by atoms with E-state index in [-0.39, 0.29) is 0 Å². The Hall–Kier alpha value is -1.26. The van der Waals surface area contributed by atoms with E-state index < -0.39 is 22.8 Å². The quantitative estimate of drug-likeness (QED) is 0.674. The van der Waals surface area contributed by atoms with Crippen LogP contribution < -0.4 is 5.32 Å². The molecule has 1 unspecified atom stereocenters. The van der Waals surface area contributed by atoms with Crippen LogP contribution in [0.15, 0.2) is 30.3 Å². The molecule has 0 heterocycles. The van der Waals surface area contributed by atoms with Crippen molar-refractivity contribution in [1.82, 2.24) is 5.32 Å². The maximum Gasteiger partial charge on any atom is 0.333 e. The number of rotatable bonds is 4. The number of carbonyl (C=O) groups is 2. The first-order valence-electron chi connectivity index (χ1n) is 4.77. The van der Waals surface area contributed by atoms with Crippen LogP contribution in [0.5, 0.6) is 0 Å². The number of methoxy groups -OCH3 is 1. The molecule has 1 N–H and O–H groups in total. The maximum absolute atomic E-state index is 11.5. The molecule has 0 aliphatic rings. The van der Waals surface area contributed by atoms with E-state index in [1.165, 1.54) is 7.11 Å². The average Bonchev–Trinajstić information content (AvgIpc) is 2.35. The molecule has 1 aromatic carbocycles. The third-order valence-corrected chi connectivity index (χ3v) is 2.45. The highest BCUT2D eigenvalue weighted by atomic mass is 35.5. The third-order valence-electron chi connectivity index (χ3n) is 2.05. The van der Waals surface area contributed by atoms with Crippen molar-refractivity contribution in [2.24, 2.45) is 0 Å². The van der Waals surface area contributed by atoms with Gasteiger partial charge in [0.1, 0.15) is 0 Å². The number of esters is 1. The van der Waals surface area contributed by atoms with E-state index in [4.69, 9.17) is 23.2 Å². The standard InChI is InChI=1S/C11H11Cl2NO3/c1-17-11(16)8(14-10(15)9(12)13)7-5-3-2-4-6-7/h2-6,8-9H,1H3,(H,14,15). The van der Waals surface area contributed by atoms with Crippen LogP contribution in [0.25, 0.3) is 0 Å². The van der Waals surface area contributed by atoms with Gasteiger partial charge in [0.15, 0.2) is 10.9 Å². The van der Waals surface area contributed by atoms with Crippen LogP contribution in [0, 0.1) is 0 Å². The Morgan fingerprint density at radius 2 is 1.82 bits per heavy atom. The largest absolute Gasteiger partial charge is 0.467 e. The van der Waals surface area contributed by atoms with Crippen LogP contribution >= 0.6 is 23.2 Å². The lowest BCUT2D eigenvalue weighted by molar-refractivity contribution is -0.145. The molecule has 0 aliphatic heterocycles. The van der Waals surface area contributed by atoms with Gasteiger partial charge in [-0.2, -0.15) is 0 Å². The molecule has 1 amide bonds. The molecular formula is C11H11Cl2NO3. The molecule has 1 atom stereocenters. The summed E-state index contributed by atoms with van der Waals surface area (Å²) >= 11 is 10.8. The lowest BCUT2D eigenvalue weighted by atomic mass is 10.1. The highest BCUT2D eigenvalue weighted by molar-refractivity contribution is 6.53. The van der Waals surface area contributed by atoms with Gasteiger partial charge in [0.05, 0.1) is 7.11 Å². The van der Waals surface area contributed by atoms with Crippen molar-refractivity contribution < 1.29 is 14.3 Å². The number of ether oxygens (including phenoxy) is 1. The SMILES string of the molecule is COC(=O)C(NC(=O)C(Cl)Cl)c1ccccc1. The topological polar surface area (TPSA) is 55.4 Å². The van der Waals surface area contributed by atoms with Crippen molar-refractivity contribution in [2.75, 3.05) is 7.11 Å². The summed E-state index contributed by atoms with van der Waals surface area (Å²) in [6.07, 6.45) is 0. The molecule has 92 valence electrons. The number of benzene rings is 1. The van der Waals surface area contributed by atoms with E-state index in [9.17, 15) is 9.59 Å². The Labute approximate surface area is 109 Å². The van der Waals surface area contributed by atoms with Crippen LogP contribution in [0.3, 0.4) is 0 Å². The van der Waals surface area contributed by atoms with Gasteiger partial charge in [0.25, 0.3) is 5.91 Å². The molecule has 0 radical (unpaired) electrons. The van der Waals surface area contributed by atoms with E-state index in [1.807, 2.05) is 0 Å². The predicted octanol–water partition coefficient (Wildman–Crippen LogP) is 1.82. The van der Waals surface area contributed by atoms with Crippen LogP contribution in [-0.2, 0) is 14.3 Å². The Kier molecular flexibility index (Phi) is 5.25. The lowest BCUT2D eigenvalue weighted by Crippen LogP contribution is -2.37. The van der Waals surface area contributed by atoms with Gasteiger partial charge in [-0.1, -0.05) is 53.5 Å². The summed E-state index contributed by atoms with van der Waals surface area (Å²) in [6, 6.07) is 7.77. The van der Waals surface area contributed by atoms with Crippen molar-refractivity contribution in [3.8, 4) is 0 Å². The number of carbonyl (C=O) groups excluding carboxylic acids is 2. The Morgan fingerprint density at radius 3 is 2.29 bits per heavy atom. The van der Waals surface area contributed by atoms with Crippen molar-refractivity contribution in [3.05, 3.63) is 35.9 Å². The van der Waals surface area contributed by atoms with E-state index in [0.717, 1.165) is 0 Å². The van der Waals surface area contributed by atoms with E-state index >= 15 is 0 Å². The molecule has 0 aliphatic carbocycles. The fourth-order valence-electron chi connectivity index (χ4n) is 1.25. The summed E-state index contributed by atoms with van der Waals surface area (Å²) in [7, 11) is 1.24. The molecule has 0 aromatic heterocycles. The highest BCUT2D eigenvalue weighted by Crippen LogP contribution is 2.15. The van der Waals surface area contributed by atoms with Crippen molar-refractivity contribution in [1.29, 1.82) is 0 Å². The second-order valence-electron chi connectivity index (χ2n) is 3.18. The third kappa shape index (κ3) is 3.91. The lowest BCUT2D eigenvalue weighted by Gasteiger charge is -2.17. The molecule has 17 heavy (non-hydrogen) atoms. The molecule has 0 saturated heterocycles. The van der Waals surface area contributed by atoms with Crippen LogP contribution in [0.4, 0.5) is 0 Å². The highest BCUT2D eigenvalue weighted by Gasteiger charge is 2.25. The summed E-state index contributed by atoms with van der Waals surface area (Å²) in [5.41, 5.74) is 0.599. The van der Waals surface area contributed by atoms with Crippen LogP contribution in [0.2, 0.25) is 0 Å². The molecule has 0 saturated carbocycles. The first-order valence-corrected chi connectivity index (χ1v) is 5.65. The Bertz CT molecular complexity index is 395. The van der Waals surface area contributed by atoms with Crippen molar-refractivity contribution in [2.45, 2.75) is 10.9 Å². The minimum Gasteiger partial charge on any atom is -0.467 e. The Balaban J connectivity index is 2.90. The van der Waals surface area contributed by atoms with Gasteiger partial charge in [-0.15, -0.1) is 0 Å². The molecule has 4 nitrogen and oxygen atoms in total. The molecule has 1 rings (SSSR count). The summed E-state index contributed by atoms with van der Waals surface area (Å²) in [6.45, 7) is 0. The minimum atomic E-state index is -1.23. The number of halogens is 2. The number of amides is 1. The van der Waals surface area contributed by atoms with Gasteiger partial charge >= 0.3 is 5.97 Å². The molecule has 0 fully saturated rings. The summed E-state index contributed by atoms with van der Waals surface area (Å²) in [4.78, 5) is 21.7. The summed E-state index contributed by atoms with van der Waals surface area (Å²) in [5.74, 6) is -1.23. The second kappa shape index (κ2) is 6.47. The van der Waals surface area contributed by atoms with Gasteiger partial charge < -0.3 is 10.1 Å². The average molecular weight is 276 g/mol. The molecule has 0 spiro atoms. The van der Waals surface area contributed by atoms with Gasteiger partial charge in [-0.05, 0) is 5.56 Å². The van der Waals surface area contributed by atoms with E-state index in [2.05, 4.69) is 10.1 Å². The molecule has 6 heteroatoms. The minimum absolute atomic E-state index is 0.585. The van der Waals surface area contributed by atoms with Crippen molar-refractivity contribution >= 4 is 35.1 Å². The van der Waals surface area contributed by atoms with E-state index in [1.54, 1.807) is 30.3 Å². The van der Waals surface area contributed by atoms with Crippen LogP contribution in [-0.4, -0.2) is 23.8 Å².